The minimum Gasteiger partial charge on any atom is -0.379 e. The van der Waals surface area contributed by atoms with E-state index in [0.29, 0.717) is 6.54 Å². The molecule has 0 heterocycles. The maximum atomic E-state index is 11.4. The minimum atomic E-state index is -0.573. The first-order valence-electron chi connectivity index (χ1n) is 4.95. The van der Waals surface area contributed by atoms with Crippen molar-refractivity contribution in [2.45, 2.75) is 6.92 Å². The number of hydrogen-bond acceptors (Lipinski definition) is 4. The van der Waals surface area contributed by atoms with Gasteiger partial charge in [-0.1, -0.05) is 11.6 Å². The highest BCUT2D eigenvalue weighted by molar-refractivity contribution is 6.34. The zero-order valence-corrected chi connectivity index (χ0v) is 10.2. The second-order valence-electron chi connectivity index (χ2n) is 3.22. The van der Waals surface area contributed by atoms with Gasteiger partial charge in [0.05, 0.1) is 9.95 Å². The van der Waals surface area contributed by atoms with E-state index >= 15 is 0 Å². The molecule has 1 aromatic rings. The lowest BCUT2D eigenvalue weighted by Gasteiger charge is -2.08. The lowest BCUT2D eigenvalue weighted by Crippen LogP contribution is -2.18. The number of hydrogen-bond donors (Lipinski definition) is 2. The van der Waals surface area contributed by atoms with Gasteiger partial charge in [0.25, 0.3) is 11.6 Å². The Morgan fingerprint density at radius 1 is 1.53 bits per heavy atom. The van der Waals surface area contributed by atoms with E-state index in [-0.39, 0.29) is 22.0 Å². The number of rotatable bonds is 4. The lowest BCUT2D eigenvalue weighted by atomic mass is 10.1. The summed E-state index contributed by atoms with van der Waals surface area (Å²) in [5, 5.41) is 16.2. The van der Waals surface area contributed by atoms with Gasteiger partial charge in [0.15, 0.2) is 0 Å². The van der Waals surface area contributed by atoms with Gasteiger partial charge >= 0.3 is 0 Å². The van der Waals surface area contributed by atoms with Crippen LogP contribution in [0.2, 0.25) is 5.02 Å². The molecule has 0 aliphatic carbocycles. The molecule has 0 atom stereocenters. The number of nitro groups is 1. The third kappa shape index (κ3) is 2.85. The van der Waals surface area contributed by atoms with Gasteiger partial charge in [-0.15, -0.1) is 0 Å². The number of anilines is 1. The van der Waals surface area contributed by atoms with Gasteiger partial charge in [0, 0.05) is 25.2 Å². The molecule has 1 amide bonds. The first-order chi connectivity index (χ1) is 8.01. The summed E-state index contributed by atoms with van der Waals surface area (Å²) in [7, 11) is 1.44. The maximum absolute atomic E-state index is 11.4. The van der Waals surface area contributed by atoms with Crippen LogP contribution in [0.3, 0.4) is 0 Å². The first-order valence-corrected chi connectivity index (χ1v) is 5.33. The zero-order valence-electron chi connectivity index (χ0n) is 9.41. The van der Waals surface area contributed by atoms with Crippen molar-refractivity contribution in [3.63, 3.8) is 0 Å². The number of carbonyl (C=O) groups excluding carboxylic acids is 1. The van der Waals surface area contributed by atoms with Crippen LogP contribution in [0.25, 0.3) is 0 Å². The Bertz CT molecular complexity index is 462. The summed E-state index contributed by atoms with van der Waals surface area (Å²) in [6.07, 6.45) is 0. The summed E-state index contributed by atoms with van der Waals surface area (Å²) in [5.41, 5.74) is 0.177. The molecule has 0 fully saturated rings. The van der Waals surface area contributed by atoms with Gasteiger partial charge in [-0.2, -0.15) is 0 Å². The smallest absolute Gasteiger partial charge is 0.294 e. The van der Waals surface area contributed by atoms with Crippen molar-refractivity contribution in [1.29, 1.82) is 0 Å². The molecule has 7 heteroatoms. The van der Waals surface area contributed by atoms with Crippen LogP contribution in [0, 0.1) is 10.1 Å². The van der Waals surface area contributed by atoms with Crippen LogP contribution in [0.4, 0.5) is 11.4 Å². The summed E-state index contributed by atoms with van der Waals surface area (Å²) in [5.74, 6) is -0.418. The van der Waals surface area contributed by atoms with Crippen molar-refractivity contribution in [3.8, 4) is 0 Å². The Labute approximate surface area is 103 Å². The van der Waals surface area contributed by atoms with Crippen molar-refractivity contribution >= 4 is 28.9 Å². The first kappa shape index (κ1) is 13.2. The van der Waals surface area contributed by atoms with Crippen LogP contribution in [0.15, 0.2) is 12.1 Å². The molecular formula is C10H12ClN3O3. The summed E-state index contributed by atoms with van der Waals surface area (Å²) in [4.78, 5) is 21.7. The summed E-state index contributed by atoms with van der Waals surface area (Å²) in [6, 6.07) is 2.59. The van der Waals surface area contributed by atoms with E-state index in [1.807, 2.05) is 0 Å². The SMILES string of the molecule is CCNc1c(Cl)cc(C(=O)NC)cc1[N+](=O)[O-]. The molecule has 2 N–H and O–H groups in total. The second kappa shape index (κ2) is 5.49. The van der Waals surface area contributed by atoms with Crippen LogP contribution < -0.4 is 10.6 Å². The van der Waals surface area contributed by atoms with Gasteiger partial charge in [0.1, 0.15) is 5.69 Å². The standard InChI is InChI=1S/C10H12ClN3O3/c1-3-13-9-7(11)4-6(10(15)12-2)5-8(9)14(16)17/h4-5,13H,3H2,1-2H3,(H,12,15). The van der Waals surface area contributed by atoms with E-state index in [9.17, 15) is 14.9 Å². The molecule has 0 aliphatic heterocycles. The molecule has 0 aromatic heterocycles. The van der Waals surface area contributed by atoms with Crippen LogP contribution >= 0.6 is 11.6 Å². The topological polar surface area (TPSA) is 84.3 Å². The third-order valence-electron chi connectivity index (χ3n) is 2.11. The van der Waals surface area contributed by atoms with Crippen LogP contribution in [0.1, 0.15) is 17.3 Å². The van der Waals surface area contributed by atoms with E-state index in [2.05, 4.69) is 10.6 Å². The van der Waals surface area contributed by atoms with E-state index in [1.54, 1.807) is 6.92 Å². The maximum Gasteiger partial charge on any atom is 0.294 e. The minimum absolute atomic E-state index is 0.152. The normalized spacial score (nSPS) is 9.82. The molecule has 1 rings (SSSR count). The highest BCUT2D eigenvalue weighted by Crippen LogP contribution is 2.33. The molecule has 6 nitrogen and oxygen atoms in total. The average molecular weight is 258 g/mol. The van der Waals surface area contributed by atoms with E-state index in [0.717, 1.165) is 0 Å². The van der Waals surface area contributed by atoms with Crippen molar-refractivity contribution in [3.05, 3.63) is 32.8 Å². The van der Waals surface area contributed by atoms with Crippen LogP contribution in [0.5, 0.6) is 0 Å². The van der Waals surface area contributed by atoms with Gasteiger partial charge in [0.2, 0.25) is 0 Å². The highest BCUT2D eigenvalue weighted by Gasteiger charge is 2.20. The van der Waals surface area contributed by atoms with Crippen LogP contribution in [-0.2, 0) is 0 Å². The average Bonchev–Trinajstić information content (AvgIpc) is 2.30. The van der Waals surface area contributed by atoms with Crippen molar-refractivity contribution in [1.82, 2.24) is 5.32 Å². The fourth-order valence-electron chi connectivity index (χ4n) is 1.36. The van der Waals surface area contributed by atoms with E-state index in [1.165, 1.54) is 19.2 Å². The lowest BCUT2D eigenvalue weighted by molar-refractivity contribution is -0.384. The number of nitro benzene ring substituents is 1. The number of amides is 1. The molecule has 92 valence electrons. The molecule has 0 saturated carbocycles. The predicted octanol–water partition coefficient (Wildman–Crippen LogP) is 2.04. The van der Waals surface area contributed by atoms with Crippen LogP contribution in [-0.4, -0.2) is 24.4 Å². The molecular weight excluding hydrogens is 246 g/mol. The van der Waals surface area contributed by atoms with Gasteiger partial charge in [-0.05, 0) is 13.0 Å². The Hall–Kier alpha value is -1.82. The van der Waals surface area contributed by atoms with Gasteiger partial charge in [-0.3, -0.25) is 14.9 Å². The molecule has 0 spiro atoms. The quantitative estimate of drug-likeness (QED) is 0.639. The van der Waals surface area contributed by atoms with Gasteiger partial charge < -0.3 is 10.6 Å². The fraction of sp³-hybridized carbons (Fsp3) is 0.300. The largest absolute Gasteiger partial charge is 0.379 e. The predicted molar refractivity (Wildman–Crippen MR) is 65.7 cm³/mol. The Balaban J connectivity index is 3.35. The Morgan fingerprint density at radius 2 is 2.18 bits per heavy atom. The molecule has 1 aromatic carbocycles. The molecule has 0 bridgehead atoms. The second-order valence-corrected chi connectivity index (χ2v) is 3.63. The van der Waals surface area contributed by atoms with Gasteiger partial charge in [-0.25, -0.2) is 0 Å². The van der Waals surface area contributed by atoms with E-state index in [4.69, 9.17) is 11.6 Å². The number of benzene rings is 1. The Morgan fingerprint density at radius 3 is 2.65 bits per heavy atom. The molecule has 0 saturated heterocycles. The monoisotopic (exact) mass is 257 g/mol. The summed E-state index contributed by atoms with van der Waals surface area (Å²) >= 11 is 5.91. The third-order valence-corrected chi connectivity index (χ3v) is 2.41. The molecule has 0 unspecified atom stereocenters. The molecule has 0 aliphatic rings. The number of halogens is 1. The molecule has 0 radical (unpaired) electrons. The van der Waals surface area contributed by atoms with Crippen molar-refractivity contribution < 1.29 is 9.72 Å². The van der Waals surface area contributed by atoms with E-state index < -0.39 is 10.8 Å². The number of nitrogens with one attached hydrogen (secondary N) is 2. The van der Waals surface area contributed by atoms with Crippen molar-refractivity contribution in [2.24, 2.45) is 0 Å². The number of nitrogens with zero attached hydrogens (tertiary/aromatic N) is 1. The van der Waals surface area contributed by atoms with Crippen molar-refractivity contribution in [2.75, 3.05) is 18.9 Å². The Kier molecular flexibility index (Phi) is 4.28. The number of carbonyl (C=O) groups is 1. The fourth-order valence-corrected chi connectivity index (χ4v) is 1.64. The highest BCUT2D eigenvalue weighted by atomic mass is 35.5. The zero-order chi connectivity index (χ0) is 13.0. The molecule has 17 heavy (non-hydrogen) atoms. The summed E-state index contributed by atoms with van der Waals surface area (Å²) < 4.78 is 0. The summed E-state index contributed by atoms with van der Waals surface area (Å²) in [6.45, 7) is 2.30.